The molecule has 0 aliphatic heterocycles. The molecule has 2 aromatic heterocycles. The first-order valence-electron chi connectivity index (χ1n) is 6.85. The van der Waals surface area contributed by atoms with Gasteiger partial charge in [0.25, 0.3) is 0 Å². The van der Waals surface area contributed by atoms with Gasteiger partial charge in [0.05, 0.1) is 12.4 Å². The molecule has 22 heavy (non-hydrogen) atoms. The van der Waals surface area contributed by atoms with Crippen molar-refractivity contribution < 1.29 is 9.94 Å². The minimum absolute atomic E-state index is 0.153. The van der Waals surface area contributed by atoms with E-state index in [1.807, 2.05) is 4.57 Å². The number of aliphatic hydroxyl groups excluding tert-OH is 1. The van der Waals surface area contributed by atoms with Crippen molar-refractivity contribution in [2.75, 3.05) is 11.5 Å². The molecule has 0 spiro atoms. The second-order valence-corrected chi connectivity index (χ2v) is 6.10. The maximum Gasteiger partial charge on any atom is 0.211 e. The number of aliphatic hydroxyl groups is 1. The summed E-state index contributed by atoms with van der Waals surface area (Å²) in [6.45, 7) is 0. The van der Waals surface area contributed by atoms with Gasteiger partial charge in [0.1, 0.15) is 13.4 Å². The molecule has 3 rings (SSSR count). The molecule has 116 valence electrons. The van der Waals surface area contributed by atoms with Crippen molar-refractivity contribution in [2.45, 2.75) is 25.0 Å². The van der Waals surface area contributed by atoms with Crippen molar-refractivity contribution >= 4 is 33.8 Å². The summed E-state index contributed by atoms with van der Waals surface area (Å²) < 4.78 is 4.19. The zero-order valence-corrected chi connectivity index (χ0v) is 14.1. The zero-order valence-electron chi connectivity index (χ0n) is 11.9. The Morgan fingerprint density at radius 2 is 2.32 bits per heavy atom. The van der Waals surface area contributed by atoms with E-state index < -0.39 is 0 Å². The third-order valence-corrected chi connectivity index (χ3v) is 5.18. The third-order valence-electron chi connectivity index (χ3n) is 4.05. The Morgan fingerprint density at radius 1 is 1.50 bits per heavy atom. The summed E-state index contributed by atoms with van der Waals surface area (Å²) in [4.78, 5) is 17.6. The predicted molar refractivity (Wildman–Crippen MR) is 85.9 cm³/mol. The van der Waals surface area contributed by atoms with Crippen LogP contribution < -0.4 is 10.3 Å². The third kappa shape index (κ3) is 2.46. The van der Waals surface area contributed by atoms with E-state index in [-0.39, 0.29) is 12.1 Å². The number of fused-ring (bicyclic) bond motifs is 1. The lowest BCUT2D eigenvalue weighted by atomic mass is 10.1. The number of nitriles is 1. The predicted octanol–water partition coefficient (Wildman–Crippen LogP) is 0.420. The number of hydrogen-bond acceptors (Lipinski definition) is 6. The highest BCUT2D eigenvalue weighted by molar-refractivity contribution is 14.1. The van der Waals surface area contributed by atoms with E-state index in [0.717, 1.165) is 10.8 Å². The molecule has 0 radical (unpaired) electrons. The minimum Gasteiger partial charge on any atom is -0.414 e. The molecule has 8 nitrogen and oxygen atoms in total. The molecule has 3 atom stereocenters. The second kappa shape index (κ2) is 6.21. The van der Waals surface area contributed by atoms with Gasteiger partial charge in [-0.25, -0.2) is 9.97 Å². The van der Waals surface area contributed by atoms with Crippen LogP contribution in [0.4, 0.5) is 0 Å². The lowest BCUT2D eigenvalue weighted by Gasteiger charge is -2.12. The van der Waals surface area contributed by atoms with Gasteiger partial charge in [0, 0.05) is 10.5 Å². The summed E-state index contributed by atoms with van der Waals surface area (Å²) in [5.74, 6) is 0.291. The van der Waals surface area contributed by atoms with Gasteiger partial charge in [0.15, 0.2) is 11.2 Å². The first-order valence-corrected chi connectivity index (χ1v) is 8.37. The minimum atomic E-state index is -0.296. The lowest BCUT2D eigenvalue weighted by molar-refractivity contribution is 0.142. The highest BCUT2D eigenvalue weighted by Gasteiger charge is 2.34. The number of imidazole rings is 1. The molecule has 9 heteroatoms. The van der Waals surface area contributed by atoms with E-state index in [9.17, 15) is 5.11 Å². The number of hydrogen-bond donors (Lipinski definition) is 1. The van der Waals surface area contributed by atoms with Crippen LogP contribution in [0, 0.1) is 17.4 Å². The summed E-state index contributed by atoms with van der Waals surface area (Å²) in [7, 11) is 1.47. The average Bonchev–Trinajstić information content (AvgIpc) is 3.11. The molecule has 1 aliphatic carbocycles. The van der Waals surface area contributed by atoms with Crippen LogP contribution in [0.25, 0.3) is 11.2 Å². The van der Waals surface area contributed by atoms with E-state index in [2.05, 4.69) is 37.6 Å². The van der Waals surface area contributed by atoms with Gasteiger partial charge >= 0.3 is 0 Å². The summed E-state index contributed by atoms with van der Waals surface area (Å²) in [5.41, 5.74) is 1.48. The SMILES string of the molecule is COn1cnc2c(ncn2[C@@H]2C[C@H](CI)[C@@H](O)C2)c1=NC#N. The van der Waals surface area contributed by atoms with E-state index in [4.69, 9.17) is 10.1 Å². The van der Waals surface area contributed by atoms with Gasteiger partial charge in [-0.15, -0.1) is 4.99 Å². The Morgan fingerprint density at radius 3 is 2.95 bits per heavy atom. The van der Waals surface area contributed by atoms with Crippen LogP contribution in [0.3, 0.4) is 0 Å². The topological polar surface area (TPSA) is 101 Å². The van der Waals surface area contributed by atoms with Gasteiger partial charge in [-0.2, -0.15) is 9.99 Å². The second-order valence-electron chi connectivity index (χ2n) is 5.22. The molecule has 0 aromatic carbocycles. The van der Waals surface area contributed by atoms with Crippen LogP contribution in [0.5, 0.6) is 0 Å². The van der Waals surface area contributed by atoms with Crippen LogP contribution in [0.2, 0.25) is 0 Å². The van der Waals surface area contributed by atoms with Crippen molar-refractivity contribution in [1.82, 2.24) is 19.3 Å². The number of aromatic nitrogens is 4. The molecular formula is C13H15IN6O2. The van der Waals surface area contributed by atoms with Crippen LogP contribution in [0.1, 0.15) is 18.9 Å². The fourth-order valence-electron chi connectivity index (χ4n) is 2.92. The Bertz CT molecular complexity index is 792. The maximum atomic E-state index is 10.1. The van der Waals surface area contributed by atoms with Gasteiger partial charge in [-0.3, -0.25) is 0 Å². The molecule has 2 aromatic rings. The summed E-state index contributed by atoms with van der Waals surface area (Å²) >= 11 is 2.30. The molecule has 2 heterocycles. The van der Waals surface area contributed by atoms with Gasteiger partial charge in [-0.1, -0.05) is 22.6 Å². The van der Waals surface area contributed by atoms with Gasteiger partial charge < -0.3 is 14.5 Å². The quantitative estimate of drug-likeness (QED) is 0.446. The van der Waals surface area contributed by atoms with E-state index in [1.54, 1.807) is 12.5 Å². The van der Waals surface area contributed by atoms with Crippen molar-refractivity contribution in [2.24, 2.45) is 10.9 Å². The first kappa shape index (κ1) is 15.2. The fourth-order valence-corrected chi connectivity index (χ4v) is 3.87. The molecule has 1 saturated carbocycles. The Labute approximate surface area is 140 Å². The Kier molecular flexibility index (Phi) is 4.30. The molecule has 0 bridgehead atoms. The molecular weight excluding hydrogens is 399 g/mol. The Balaban J connectivity index is 2.09. The zero-order chi connectivity index (χ0) is 15.7. The summed E-state index contributed by atoms with van der Waals surface area (Å²) in [6.07, 6.45) is 6.20. The van der Waals surface area contributed by atoms with Gasteiger partial charge in [-0.05, 0) is 18.8 Å². The Hall–Kier alpha value is -1.67. The molecule has 0 unspecified atom stereocenters. The van der Waals surface area contributed by atoms with E-state index in [0.29, 0.717) is 29.0 Å². The summed E-state index contributed by atoms with van der Waals surface area (Å²) in [5, 5.41) is 19.0. The number of rotatable bonds is 3. The smallest absolute Gasteiger partial charge is 0.211 e. The highest BCUT2D eigenvalue weighted by atomic mass is 127. The number of nitrogens with zero attached hydrogens (tertiary/aromatic N) is 6. The molecule has 1 N–H and O–H groups in total. The van der Waals surface area contributed by atoms with Crippen molar-refractivity contribution in [3.63, 3.8) is 0 Å². The average molecular weight is 414 g/mol. The van der Waals surface area contributed by atoms with Crippen molar-refractivity contribution in [3.05, 3.63) is 18.1 Å². The van der Waals surface area contributed by atoms with E-state index >= 15 is 0 Å². The standard InChI is InChI=1S/C13H15IN6O2/c1-22-20-7-18-12-11(13(20)16-5-15)17-6-19(12)9-2-8(4-14)10(21)3-9/h6-10,21H,2-4H2,1H3/t8-,9-,10+/m1/s1. The van der Waals surface area contributed by atoms with E-state index in [1.165, 1.54) is 18.2 Å². The maximum absolute atomic E-state index is 10.1. The van der Waals surface area contributed by atoms with Crippen LogP contribution >= 0.6 is 22.6 Å². The lowest BCUT2D eigenvalue weighted by Crippen LogP contribution is -2.26. The van der Waals surface area contributed by atoms with Crippen molar-refractivity contribution in [3.8, 4) is 6.19 Å². The molecule has 0 saturated heterocycles. The monoisotopic (exact) mass is 414 g/mol. The molecule has 1 aliphatic rings. The van der Waals surface area contributed by atoms with Crippen LogP contribution in [0.15, 0.2) is 17.6 Å². The number of halogens is 1. The number of alkyl halides is 1. The largest absolute Gasteiger partial charge is 0.414 e. The first-order chi connectivity index (χ1) is 10.7. The summed E-state index contributed by atoms with van der Waals surface area (Å²) in [6, 6.07) is 0.153. The fraction of sp³-hybridized carbons (Fsp3) is 0.538. The van der Waals surface area contributed by atoms with Gasteiger partial charge in [0.2, 0.25) is 11.7 Å². The van der Waals surface area contributed by atoms with Crippen LogP contribution in [-0.4, -0.2) is 42.0 Å². The van der Waals surface area contributed by atoms with Crippen molar-refractivity contribution in [1.29, 1.82) is 5.26 Å². The highest BCUT2D eigenvalue weighted by Crippen LogP contribution is 2.36. The normalized spacial score (nSPS) is 25.5. The van der Waals surface area contributed by atoms with Crippen LogP contribution in [-0.2, 0) is 0 Å². The molecule has 0 amide bonds. The molecule has 1 fully saturated rings.